The van der Waals surface area contributed by atoms with Crippen molar-refractivity contribution in [3.05, 3.63) is 47.2 Å². The van der Waals surface area contributed by atoms with Gasteiger partial charge in [0.15, 0.2) is 17.2 Å². The molecule has 0 aliphatic carbocycles. The van der Waals surface area contributed by atoms with E-state index in [1.54, 1.807) is 18.2 Å². The summed E-state index contributed by atoms with van der Waals surface area (Å²) in [5, 5.41) is 7.36. The summed E-state index contributed by atoms with van der Waals surface area (Å²) in [5.41, 5.74) is 0.497. The number of hydrogen-bond donors (Lipinski definition) is 1. The van der Waals surface area contributed by atoms with Crippen LogP contribution < -0.4 is 0 Å². The van der Waals surface area contributed by atoms with Gasteiger partial charge in [0.05, 0.1) is 5.02 Å². The van der Waals surface area contributed by atoms with E-state index in [0.717, 1.165) is 5.39 Å². The molecule has 0 atom stereocenters. The lowest BCUT2D eigenvalue weighted by molar-refractivity contribution is 0.100. The molecular formula is C11H6ClN3O2. The first-order chi connectivity index (χ1) is 8.25. The van der Waals surface area contributed by atoms with Crippen LogP contribution in [0, 0.1) is 0 Å². The minimum Gasteiger partial charge on any atom is -0.451 e. The van der Waals surface area contributed by atoms with E-state index in [2.05, 4.69) is 15.2 Å². The number of nitrogens with one attached hydrogen (secondary N) is 1. The summed E-state index contributed by atoms with van der Waals surface area (Å²) >= 11 is 5.96. The topological polar surface area (TPSA) is 71.8 Å². The van der Waals surface area contributed by atoms with E-state index in [1.807, 2.05) is 6.07 Å². The third-order valence-electron chi connectivity index (χ3n) is 2.35. The molecular weight excluding hydrogens is 242 g/mol. The van der Waals surface area contributed by atoms with E-state index in [4.69, 9.17) is 16.0 Å². The Morgan fingerprint density at radius 1 is 1.41 bits per heavy atom. The highest BCUT2D eigenvalue weighted by Gasteiger charge is 2.17. The van der Waals surface area contributed by atoms with E-state index >= 15 is 0 Å². The quantitative estimate of drug-likeness (QED) is 0.706. The number of aromatic amines is 1. The summed E-state index contributed by atoms with van der Waals surface area (Å²) in [6.07, 6.45) is 1.27. The van der Waals surface area contributed by atoms with Crippen LogP contribution in [0.1, 0.15) is 16.4 Å². The summed E-state index contributed by atoms with van der Waals surface area (Å²) in [4.78, 5) is 15.7. The van der Waals surface area contributed by atoms with Crippen molar-refractivity contribution in [3.8, 4) is 0 Å². The van der Waals surface area contributed by atoms with Crippen LogP contribution in [0.25, 0.3) is 11.0 Å². The maximum atomic E-state index is 11.9. The Balaban J connectivity index is 2.13. The largest absolute Gasteiger partial charge is 0.451 e. The number of nitrogens with zero attached hydrogens (tertiary/aromatic N) is 2. The fourth-order valence-electron chi connectivity index (χ4n) is 1.57. The van der Waals surface area contributed by atoms with Gasteiger partial charge in [0.1, 0.15) is 6.33 Å². The van der Waals surface area contributed by atoms with Crippen molar-refractivity contribution >= 4 is 28.4 Å². The number of ketones is 1. The SMILES string of the molecule is O=C(c1ncn[nH]1)c1cc2cccc(Cl)c2o1. The standard InChI is InChI=1S/C11H6ClN3O2/c12-7-3-1-2-6-4-8(17-10(6)7)9(16)11-13-5-14-15-11/h1-5H,(H,13,14,15). The molecule has 1 aromatic carbocycles. The van der Waals surface area contributed by atoms with E-state index in [0.29, 0.717) is 10.6 Å². The molecule has 0 unspecified atom stereocenters. The highest BCUT2D eigenvalue weighted by molar-refractivity contribution is 6.34. The number of rotatable bonds is 2. The van der Waals surface area contributed by atoms with Gasteiger partial charge in [-0.1, -0.05) is 23.7 Å². The average molecular weight is 248 g/mol. The average Bonchev–Trinajstić information content (AvgIpc) is 2.98. The minimum atomic E-state index is -0.352. The first kappa shape index (κ1) is 10.0. The molecule has 3 aromatic rings. The fourth-order valence-corrected chi connectivity index (χ4v) is 1.79. The number of benzene rings is 1. The van der Waals surface area contributed by atoms with Crippen LogP contribution in [0.3, 0.4) is 0 Å². The van der Waals surface area contributed by atoms with Gasteiger partial charge in [0, 0.05) is 5.39 Å². The number of hydrogen-bond acceptors (Lipinski definition) is 4. The zero-order valence-electron chi connectivity index (χ0n) is 8.48. The van der Waals surface area contributed by atoms with Gasteiger partial charge in [-0.25, -0.2) is 4.98 Å². The first-order valence-electron chi connectivity index (χ1n) is 4.84. The van der Waals surface area contributed by atoms with Crippen molar-refractivity contribution in [1.29, 1.82) is 0 Å². The number of H-pyrrole nitrogens is 1. The molecule has 84 valence electrons. The Labute approximate surface area is 100 Å². The third kappa shape index (κ3) is 1.60. The molecule has 0 spiro atoms. The maximum Gasteiger partial charge on any atom is 0.264 e. The summed E-state index contributed by atoms with van der Waals surface area (Å²) in [6.45, 7) is 0. The Bertz CT molecular complexity index is 688. The van der Waals surface area contributed by atoms with Gasteiger partial charge in [0.25, 0.3) is 5.78 Å². The monoisotopic (exact) mass is 247 g/mol. The molecule has 0 saturated carbocycles. The van der Waals surface area contributed by atoms with E-state index in [-0.39, 0.29) is 17.4 Å². The second kappa shape index (κ2) is 3.71. The molecule has 0 fully saturated rings. The summed E-state index contributed by atoms with van der Waals surface area (Å²) in [7, 11) is 0. The van der Waals surface area contributed by atoms with Gasteiger partial charge in [-0.3, -0.25) is 9.89 Å². The number of para-hydroxylation sites is 1. The molecule has 0 amide bonds. The maximum absolute atomic E-state index is 11.9. The lowest BCUT2D eigenvalue weighted by Gasteiger charge is -1.91. The van der Waals surface area contributed by atoms with Crippen LogP contribution in [0.2, 0.25) is 5.02 Å². The van der Waals surface area contributed by atoms with Crippen LogP contribution in [0.15, 0.2) is 35.0 Å². The third-order valence-corrected chi connectivity index (χ3v) is 2.65. The van der Waals surface area contributed by atoms with Crippen molar-refractivity contribution < 1.29 is 9.21 Å². The summed E-state index contributed by atoms with van der Waals surface area (Å²) in [5.74, 6) is -0.0280. The second-order valence-corrected chi connectivity index (χ2v) is 3.84. The number of carbonyl (C=O) groups excluding carboxylic acids is 1. The van der Waals surface area contributed by atoms with E-state index in [1.165, 1.54) is 6.33 Å². The number of halogens is 1. The van der Waals surface area contributed by atoms with Gasteiger partial charge in [-0.2, -0.15) is 5.10 Å². The number of carbonyl (C=O) groups is 1. The highest BCUT2D eigenvalue weighted by Crippen LogP contribution is 2.27. The zero-order chi connectivity index (χ0) is 11.8. The summed E-state index contributed by atoms with van der Waals surface area (Å²) < 4.78 is 5.42. The Morgan fingerprint density at radius 2 is 2.29 bits per heavy atom. The number of furan rings is 1. The molecule has 0 saturated heterocycles. The predicted octanol–water partition coefficient (Wildman–Crippen LogP) is 2.44. The molecule has 3 rings (SSSR count). The molecule has 0 radical (unpaired) electrons. The van der Waals surface area contributed by atoms with Crippen LogP contribution in [-0.2, 0) is 0 Å². The Hall–Kier alpha value is -2.14. The number of aromatic nitrogens is 3. The number of fused-ring (bicyclic) bond motifs is 1. The smallest absolute Gasteiger partial charge is 0.264 e. The Morgan fingerprint density at radius 3 is 3.00 bits per heavy atom. The van der Waals surface area contributed by atoms with Crippen LogP contribution >= 0.6 is 11.6 Å². The van der Waals surface area contributed by atoms with Crippen molar-refractivity contribution in [3.63, 3.8) is 0 Å². The van der Waals surface area contributed by atoms with E-state index in [9.17, 15) is 4.79 Å². The van der Waals surface area contributed by atoms with Crippen molar-refractivity contribution in [1.82, 2.24) is 15.2 Å². The molecule has 0 aliphatic heterocycles. The van der Waals surface area contributed by atoms with Gasteiger partial charge in [-0.15, -0.1) is 0 Å². The van der Waals surface area contributed by atoms with Gasteiger partial charge in [-0.05, 0) is 12.1 Å². The van der Waals surface area contributed by atoms with E-state index < -0.39 is 0 Å². The lowest BCUT2D eigenvalue weighted by atomic mass is 10.2. The molecule has 0 bridgehead atoms. The normalized spacial score (nSPS) is 10.9. The predicted molar refractivity (Wildman–Crippen MR) is 61.0 cm³/mol. The van der Waals surface area contributed by atoms with Crippen LogP contribution in [-0.4, -0.2) is 21.0 Å². The fraction of sp³-hybridized carbons (Fsp3) is 0. The molecule has 0 aliphatic rings. The van der Waals surface area contributed by atoms with Gasteiger partial charge < -0.3 is 4.42 Å². The zero-order valence-corrected chi connectivity index (χ0v) is 9.23. The first-order valence-corrected chi connectivity index (χ1v) is 5.21. The van der Waals surface area contributed by atoms with Crippen LogP contribution in [0.5, 0.6) is 0 Å². The van der Waals surface area contributed by atoms with Crippen LogP contribution in [0.4, 0.5) is 0 Å². The molecule has 2 heterocycles. The second-order valence-electron chi connectivity index (χ2n) is 3.43. The molecule has 1 N–H and O–H groups in total. The van der Waals surface area contributed by atoms with Crippen molar-refractivity contribution in [2.75, 3.05) is 0 Å². The summed E-state index contributed by atoms with van der Waals surface area (Å²) in [6, 6.07) is 6.95. The highest BCUT2D eigenvalue weighted by atomic mass is 35.5. The molecule has 5 nitrogen and oxygen atoms in total. The molecule has 17 heavy (non-hydrogen) atoms. The van der Waals surface area contributed by atoms with Gasteiger partial charge in [0.2, 0.25) is 0 Å². The Kier molecular flexibility index (Phi) is 2.19. The van der Waals surface area contributed by atoms with Gasteiger partial charge >= 0.3 is 0 Å². The molecule has 2 aromatic heterocycles. The molecule has 6 heteroatoms. The minimum absolute atomic E-state index is 0.139. The van der Waals surface area contributed by atoms with Crippen molar-refractivity contribution in [2.45, 2.75) is 0 Å². The van der Waals surface area contributed by atoms with Crippen molar-refractivity contribution in [2.24, 2.45) is 0 Å². The lowest BCUT2D eigenvalue weighted by Crippen LogP contribution is -2.01.